The van der Waals surface area contributed by atoms with Gasteiger partial charge in [0.2, 0.25) is 0 Å². The second kappa shape index (κ2) is 4.04. The molecule has 12 heavy (non-hydrogen) atoms. The van der Waals surface area contributed by atoms with E-state index < -0.39 is 0 Å². The first-order valence-electron chi connectivity index (χ1n) is 4.26. The minimum absolute atomic E-state index is 0.373. The van der Waals surface area contributed by atoms with Gasteiger partial charge < -0.3 is 4.57 Å². The fourth-order valence-electron chi connectivity index (χ4n) is 1.33. The summed E-state index contributed by atoms with van der Waals surface area (Å²) in [5.74, 6) is 0. The fourth-order valence-corrected chi connectivity index (χ4v) is 1.33. The third kappa shape index (κ3) is 1.72. The average molecular weight is 166 g/mol. The molecule has 3 heteroatoms. The molecule has 0 fully saturated rings. The Morgan fingerprint density at radius 2 is 2.50 bits per heavy atom. The molecule has 1 aromatic heterocycles. The van der Waals surface area contributed by atoms with E-state index >= 15 is 0 Å². The van der Waals surface area contributed by atoms with Gasteiger partial charge in [-0.05, 0) is 13.3 Å². The lowest BCUT2D eigenvalue weighted by atomic mass is 10.2. The summed E-state index contributed by atoms with van der Waals surface area (Å²) >= 11 is 0. The Morgan fingerprint density at radius 3 is 3.08 bits per heavy atom. The Hall–Kier alpha value is -1.12. The van der Waals surface area contributed by atoms with E-state index in [9.17, 15) is 4.79 Å². The second-order valence-electron chi connectivity index (χ2n) is 2.98. The molecule has 0 amide bonds. The van der Waals surface area contributed by atoms with Gasteiger partial charge >= 0.3 is 0 Å². The van der Waals surface area contributed by atoms with E-state index in [-0.39, 0.29) is 0 Å². The van der Waals surface area contributed by atoms with E-state index in [2.05, 4.69) is 18.8 Å². The summed E-state index contributed by atoms with van der Waals surface area (Å²) < 4.78 is 1.91. The Bertz CT molecular complexity index is 255. The zero-order chi connectivity index (χ0) is 8.97. The van der Waals surface area contributed by atoms with Crippen LogP contribution in [0.15, 0.2) is 12.5 Å². The van der Waals surface area contributed by atoms with Crippen molar-refractivity contribution in [2.24, 2.45) is 0 Å². The molecule has 0 aliphatic heterocycles. The maximum Gasteiger partial charge on any atom is 0.168 e. The summed E-state index contributed by atoms with van der Waals surface area (Å²) in [6.45, 7) is 4.23. The van der Waals surface area contributed by atoms with Gasteiger partial charge in [-0.2, -0.15) is 0 Å². The van der Waals surface area contributed by atoms with Crippen LogP contribution in [0.2, 0.25) is 0 Å². The summed E-state index contributed by atoms with van der Waals surface area (Å²) in [6, 6.07) is 0.373. The van der Waals surface area contributed by atoms with E-state index in [1.54, 1.807) is 12.5 Å². The molecule has 1 unspecified atom stereocenters. The Morgan fingerprint density at radius 1 is 1.75 bits per heavy atom. The topological polar surface area (TPSA) is 34.9 Å². The van der Waals surface area contributed by atoms with Crippen LogP contribution in [0.5, 0.6) is 0 Å². The highest BCUT2D eigenvalue weighted by atomic mass is 16.1. The molecule has 3 nitrogen and oxygen atoms in total. The van der Waals surface area contributed by atoms with Gasteiger partial charge in [0.1, 0.15) is 5.69 Å². The molecule has 1 rings (SSSR count). The normalized spacial score (nSPS) is 12.8. The number of carbonyl (C=O) groups is 1. The van der Waals surface area contributed by atoms with Crippen LogP contribution in [0.1, 0.15) is 43.2 Å². The highest BCUT2D eigenvalue weighted by Crippen LogP contribution is 2.13. The van der Waals surface area contributed by atoms with Gasteiger partial charge in [-0.25, -0.2) is 4.98 Å². The van der Waals surface area contributed by atoms with Crippen molar-refractivity contribution in [2.45, 2.75) is 32.7 Å². The molecule has 0 aliphatic rings. The lowest BCUT2D eigenvalue weighted by Gasteiger charge is -2.12. The van der Waals surface area contributed by atoms with Crippen LogP contribution in [0.3, 0.4) is 0 Å². The molecule has 0 saturated heterocycles. The van der Waals surface area contributed by atoms with Crippen LogP contribution in [0.4, 0.5) is 0 Å². The SMILES string of the molecule is CCCC(C)n1cncc1C=O. The van der Waals surface area contributed by atoms with Gasteiger partial charge in [0.15, 0.2) is 6.29 Å². The number of aldehydes is 1. The molecule has 1 aromatic rings. The van der Waals surface area contributed by atoms with Crippen LogP contribution in [0, 0.1) is 0 Å². The smallest absolute Gasteiger partial charge is 0.168 e. The van der Waals surface area contributed by atoms with Gasteiger partial charge in [-0.3, -0.25) is 4.79 Å². The lowest BCUT2D eigenvalue weighted by molar-refractivity contribution is 0.111. The predicted molar refractivity (Wildman–Crippen MR) is 47.2 cm³/mol. The van der Waals surface area contributed by atoms with Gasteiger partial charge in [0.05, 0.1) is 12.5 Å². The molecular weight excluding hydrogens is 152 g/mol. The molecule has 0 N–H and O–H groups in total. The molecule has 0 saturated carbocycles. The third-order valence-corrected chi connectivity index (χ3v) is 2.00. The average Bonchev–Trinajstić information content (AvgIpc) is 2.51. The van der Waals surface area contributed by atoms with Crippen molar-refractivity contribution >= 4 is 6.29 Å². The lowest BCUT2D eigenvalue weighted by Crippen LogP contribution is -2.06. The number of rotatable bonds is 4. The molecule has 0 aromatic carbocycles. The van der Waals surface area contributed by atoms with Crippen LogP contribution in [-0.2, 0) is 0 Å². The predicted octanol–water partition coefficient (Wildman–Crippen LogP) is 2.06. The van der Waals surface area contributed by atoms with Crippen molar-refractivity contribution in [3.05, 3.63) is 18.2 Å². The van der Waals surface area contributed by atoms with Crippen molar-refractivity contribution in [1.82, 2.24) is 9.55 Å². The Balaban J connectivity index is 2.78. The molecule has 1 atom stereocenters. The monoisotopic (exact) mass is 166 g/mol. The highest BCUT2D eigenvalue weighted by molar-refractivity contribution is 5.71. The first kappa shape index (κ1) is 8.97. The molecule has 0 aliphatic carbocycles. The van der Waals surface area contributed by atoms with Crippen LogP contribution in [0.25, 0.3) is 0 Å². The minimum atomic E-state index is 0.373. The molecular formula is C9H14N2O. The third-order valence-electron chi connectivity index (χ3n) is 2.00. The van der Waals surface area contributed by atoms with E-state index in [1.807, 2.05) is 4.57 Å². The quantitative estimate of drug-likeness (QED) is 0.642. The molecule has 0 bridgehead atoms. The summed E-state index contributed by atoms with van der Waals surface area (Å²) in [7, 11) is 0. The van der Waals surface area contributed by atoms with E-state index in [4.69, 9.17) is 0 Å². The Labute approximate surface area is 72.4 Å². The van der Waals surface area contributed by atoms with Crippen molar-refractivity contribution in [3.63, 3.8) is 0 Å². The second-order valence-corrected chi connectivity index (χ2v) is 2.98. The van der Waals surface area contributed by atoms with Crippen molar-refractivity contribution in [3.8, 4) is 0 Å². The summed E-state index contributed by atoms with van der Waals surface area (Å²) in [5.41, 5.74) is 0.663. The van der Waals surface area contributed by atoms with Gasteiger partial charge in [-0.15, -0.1) is 0 Å². The molecule has 66 valence electrons. The number of aromatic nitrogens is 2. The maximum absolute atomic E-state index is 10.5. The zero-order valence-corrected chi connectivity index (χ0v) is 7.53. The van der Waals surface area contributed by atoms with Gasteiger partial charge in [0.25, 0.3) is 0 Å². The van der Waals surface area contributed by atoms with Crippen molar-refractivity contribution in [2.75, 3.05) is 0 Å². The summed E-state index contributed by atoms with van der Waals surface area (Å²) in [5, 5.41) is 0. The van der Waals surface area contributed by atoms with E-state index in [0.717, 1.165) is 19.1 Å². The van der Waals surface area contributed by atoms with Gasteiger partial charge in [-0.1, -0.05) is 13.3 Å². The number of nitrogens with zero attached hydrogens (tertiary/aromatic N) is 2. The first-order chi connectivity index (χ1) is 5.79. The Kier molecular flexibility index (Phi) is 3.02. The van der Waals surface area contributed by atoms with Crippen LogP contribution < -0.4 is 0 Å². The largest absolute Gasteiger partial charge is 0.326 e. The zero-order valence-electron chi connectivity index (χ0n) is 7.53. The number of hydrogen-bond donors (Lipinski definition) is 0. The van der Waals surface area contributed by atoms with E-state index in [0.29, 0.717) is 11.7 Å². The highest BCUT2D eigenvalue weighted by Gasteiger charge is 2.06. The maximum atomic E-state index is 10.5. The minimum Gasteiger partial charge on any atom is -0.326 e. The van der Waals surface area contributed by atoms with Gasteiger partial charge in [0, 0.05) is 6.04 Å². The standard InChI is InChI=1S/C9H14N2O/c1-3-4-8(2)11-7-10-5-9(11)6-12/h5-8H,3-4H2,1-2H3. The fraction of sp³-hybridized carbons (Fsp3) is 0.556. The summed E-state index contributed by atoms with van der Waals surface area (Å²) in [4.78, 5) is 14.5. The number of carbonyl (C=O) groups excluding carboxylic acids is 1. The van der Waals surface area contributed by atoms with E-state index in [1.165, 1.54) is 0 Å². The molecule has 1 heterocycles. The van der Waals surface area contributed by atoms with Crippen LogP contribution >= 0.6 is 0 Å². The van der Waals surface area contributed by atoms with Crippen molar-refractivity contribution in [1.29, 1.82) is 0 Å². The molecule has 0 radical (unpaired) electrons. The summed E-state index contributed by atoms with van der Waals surface area (Å²) in [6.07, 6.45) is 6.36. The molecule has 0 spiro atoms. The number of imidazole rings is 1. The van der Waals surface area contributed by atoms with Crippen molar-refractivity contribution < 1.29 is 4.79 Å². The van der Waals surface area contributed by atoms with Crippen LogP contribution in [-0.4, -0.2) is 15.8 Å². The number of hydrogen-bond acceptors (Lipinski definition) is 2. The first-order valence-corrected chi connectivity index (χ1v) is 4.26.